The Labute approximate surface area is 253 Å². The van der Waals surface area contributed by atoms with Gasteiger partial charge in [-0.3, -0.25) is 9.59 Å². The molecule has 3 rings (SSSR count). The predicted octanol–water partition coefficient (Wildman–Crippen LogP) is 5.36. The summed E-state index contributed by atoms with van der Waals surface area (Å²) < 4.78 is 49.6. The minimum absolute atomic E-state index is 0.0327. The van der Waals surface area contributed by atoms with Crippen LogP contribution in [0.1, 0.15) is 50.5 Å². The lowest BCUT2D eigenvalue weighted by Gasteiger charge is -2.22. The van der Waals surface area contributed by atoms with Gasteiger partial charge in [0.2, 0.25) is 12.0 Å². The Bertz CT molecular complexity index is 1400. The average Bonchev–Trinajstić information content (AvgIpc) is 2.95. The third-order valence-corrected chi connectivity index (χ3v) is 5.54. The SMILES string of the molecule is CCOc1cc(C(Oc2ccc(CN)cc2)C(=O)NCc2cccc(NC(C)=O)c2)ccc1OC(C)C.O=C(O)C(F)(F)F. The fourth-order valence-corrected chi connectivity index (χ4v) is 3.66. The van der Waals surface area contributed by atoms with Gasteiger partial charge in [0.1, 0.15) is 5.75 Å². The van der Waals surface area contributed by atoms with E-state index in [9.17, 15) is 22.8 Å². The van der Waals surface area contributed by atoms with Gasteiger partial charge in [0.05, 0.1) is 12.7 Å². The van der Waals surface area contributed by atoms with E-state index in [1.54, 1.807) is 36.4 Å². The number of aliphatic carboxylic acids is 1. The van der Waals surface area contributed by atoms with Crippen molar-refractivity contribution in [2.75, 3.05) is 11.9 Å². The standard InChI is InChI=1S/C29H35N3O5.C2HF3O2/c1-5-35-27-16-23(11-14-26(27)36-19(2)3)28(37-25-12-9-21(17-30)10-13-25)29(34)31-18-22-7-6-8-24(15-22)32-20(4)33;3-2(4,5)1(6)7/h6-16,19,28H,5,17-18,30H2,1-4H3,(H,31,34)(H,32,33);(H,6,7). The summed E-state index contributed by atoms with van der Waals surface area (Å²) in [4.78, 5) is 33.7. The van der Waals surface area contributed by atoms with E-state index in [1.807, 2.05) is 51.1 Å². The van der Waals surface area contributed by atoms with Gasteiger partial charge in [-0.2, -0.15) is 13.2 Å². The van der Waals surface area contributed by atoms with Gasteiger partial charge in [-0.15, -0.1) is 0 Å². The van der Waals surface area contributed by atoms with Gasteiger partial charge >= 0.3 is 12.1 Å². The van der Waals surface area contributed by atoms with Crippen molar-refractivity contribution in [2.45, 2.75) is 59.2 Å². The second-order valence-corrected chi connectivity index (χ2v) is 9.55. The van der Waals surface area contributed by atoms with Crippen LogP contribution < -0.4 is 30.6 Å². The maximum absolute atomic E-state index is 13.4. The Morgan fingerprint density at radius 1 is 0.932 bits per heavy atom. The predicted molar refractivity (Wildman–Crippen MR) is 157 cm³/mol. The topological polar surface area (TPSA) is 149 Å². The largest absolute Gasteiger partial charge is 0.490 e. The number of hydrogen-bond acceptors (Lipinski definition) is 7. The highest BCUT2D eigenvalue weighted by Crippen LogP contribution is 2.33. The van der Waals surface area contributed by atoms with Gasteiger partial charge in [-0.05, 0) is 68.3 Å². The first-order valence-electron chi connectivity index (χ1n) is 13.6. The molecule has 0 saturated carbocycles. The zero-order valence-corrected chi connectivity index (χ0v) is 24.7. The molecule has 238 valence electrons. The molecule has 0 bridgehead atoms. The maximum Gasteiger partial charge on any atom is 0.490 e. The van der Waals surface area contributed by atoms with Gasteiger partial charge in [0.25, 0.3) is 5.91 Å². The Hall–Kier alpha value is -4.78. The second-order valence-electron chi connectivity index (χ2n) is 9.55. The van der Waals surface area contributed by atoms with E-state index < -0.39 is 18.2 Å². The monoisotopic (exact) mass is 619 g/mol. The summed E-state index contributed by atoms with van der Waals surface area (Å²) in [5.41, 5.74) is 8.79. The molecule has 44 heavy (non-hydrogen) atoms. The van der Waals surface area contributed by atoms with Crippen molar-refractivity contribution in [1.29, 1.82) is 0 Å². The number of hydrogen-bond donors (Lipinski definition) is 4. The molecule has 1 unspecified atom stereocenters. The number of amides is 2. The maximum atomic E-state index is 13.4. The lowest BCUT2D eigenvalue weighted by atomic mass is 10.1. The van der Waals surface area contributed by atoms with Crippen LogP contribution in [0.15, 0.2) is 66.7 Å². The molecule has 0 fully saturated rings. The van der Waals surface area contributed by atoms with E-state index in [2.05, 4.69) is 10.6 Å². The molecule has 2 amide bonds. The molecule has 0 aliphatic heterocycles. The number of carbonyl (C=O) groups excluding carboxylic acids is 2. The molecule has 5 N–H and O–H groups in total. The molecule has 10 nitrogen and oxygen atoms in total. The zero-order valence-electron chi connectivity index (χ0n) is 24.7. The average molecular weight is 620 g/mol. The lowest BCUT2D eigenvalue weighted by molar-refractivity contribution is -0.192. The fourth-order valence-electron chi connectivity index (χ4n) is 3.66. The first-order valence-corrected chi connectivity index (χ1v) is 13.6. The zero-order chi connectivity index (χ0) is 32.9. The molecule has 0 spiro atoms. The van der Waals surface area contributed by atoms with Crippen molar-refractivity contribution in [1.82, 2.24) is 5.32 Å². The molecule has 0 heterocycles. The molecule has 0 aliphatic rings. The molecule has 0 saturated heterocycles. The molecule has 3 aromatic carbocycles. The van der Waals surface area contributed by atoms with Crippen LogP contribution in [0.2, 0.25) is 0 Å². The molecule has 0 radical (unpaired) electrons. The van der Waals surface area contributed by atoms with E-state index in [4.69, 9.17) is 29.8 Å². The second kappa shape index (κ2) is 16.8. The van der Waals surface area contributed by atoms with Crippen LogP contribution in [0.25, 0.3) is 0 Å². The van der Waals surface area contributed by atoms with Gasteiger partial charge in [-0.1, -0.05) is 30.3 Å². The normalized spacial score (nSPS) is 11.5. The third kappa shape index (κ3) is 11.8. The van der Waals surface area contributed by atoms with Crippen molar-refractivity contribution >= 4 is 23.5 Å². The van der Waals surface area contributed by atoms with Gasteiger partial charge in [-0.25, -0.2) is 4.79 Å². The number of carboxylic acid groups (broad SMARTS) is 1. The lowest BCUT2D eigenvalue weighted by Crippen LogP contribution is -2.32. The molecule has 0 aliphatic carbocycles. The van der Waals surface area contributed by atoms with Crippen LogP contribution in [-0.2, 0) is 27.5 Å². The number of rotatable bonds is 12. The molecular formula is C31H36F3N3O7. The highest BCUT2D eigenvalue weighted by molar-refractivity contribution is 5.88. The van der Waals surface area contributed by atoms with E-state index in [-0.39, 0.29) is 24.5 Å². The summed E-state index contributed by atoms with van der Waals surface area (Å²) in [5, 5.41) is 12.8. The van der Waals surface area contributed by atoms with Crippen molar-refractivity contribution in [3.05, 3.63) is 83.4 Å². The number of halogens is 3. The number of ether oxygens (including phenoxy) is 3. The Kier molecular flexibility index (Phi) is 13.5. The van der Waals surface area contributed by atoms with Gasteiger partial charge in [0.15, 0.2) is 11.5 Å². The molecule has 0 aromatic heterocycles. The van der Waals surface area contributed by atoms with E-state index in [1.165, 1.54) is 6.92 Å². The van der Waals surface area contributed by atoms with Crippen molar-refractivity contribution in [3.8, 4) is 17.2 Å². The minimum Gasteiger partial charge on any atom is -0.490 e. The van der Waals surface area contributed by atoms with E-state index in [0.29, 0.717) is 41.7 Å². The number of anilines is 1. The first-order chi connectivity index (χ1) is 20.7. The van der Waals surface area contributed by atoms with Crippen LogP contribution >= 0.6 is 0 Å². The third-order valence-electron chi connectivity index (χ3n) is 5.54. The highest BCUT2D eigenvalue weighted by atomic mass is 19.4. The summed E-state index contributed by atoms with van der Waals surface area (Å²) in [7, 11) is 0. The molecule has 1 atom stereocenters. The Morgan fingerprint density at radius 2 is 1.59 bits per heavy atom. The van der Waals surface area contributed by atoms with E-state index in [0.717, 1.165) is 11.1 Å². The van der Waals surface area contributed by atoms with Crippen molar-refractivity contribution in [2.24, 2.45) is 5.73 Å². The number of nitrogens with one attached hydrogen (secondary N) is 2. The fraction of sp³-hybridized carbons (Fsp3) is 0.323. The summed E-state index contributed by atoms with van der Waals surface area (Å²) in [6.07, 6.45) is -6.07. The van der Waals surface area contributed by atoms with Crippen LogP contribution in [0.4, 0.5) is 18.9 Å². The molecule has 13 heteroatoms. The number of carbonyl (C=O) groups is 3. The number of alkyl halides is 3. The van der Waals surface area contributed by atoms with Crippen molar-refractivity contribution < 1.29 is 46.9 Å². The quantitative estimate of drug-likeness (QED) is 0.212. The number of benzene rings is 3. The van der Waals surface area contributed by atoms with Gasteiger partial charge in [0, 0.05) is 31.3 Å². The Morgan fingerprint density at radius 3 is 2.14 bits per heavy atom. The van der Waals surface area contributed by atoms with Gasteiger partial charge < -0.3 is 35.7 Å². The van der Waals surface area contributed by atoms with Crippen LogP contribution in [0.5, 0.6) is 17.2 Å². The summed E-state index contributed by atoms with van der Waals surface area (Å²) in [5.74, 6) is -1.57. The first kappa shape index (κ1) is 35.4. The molecule has 3 aromatic rings. The van der Waals surface area contributed by atoms with Crippen molar-refractivity contribution in [3.63, 3.8) is 0 Å². The number of nitrogens with two attached hydrogens (primary N) is 1. The van der Waals surface area contributed by atoms with Crippen LogP contribution in [-0.4, -0.2) is 41.8 Å². The highest BCUT2D eigenvalue weighted by Gasteiger charge is 2.38. The van der Waals surface area contributed by atoms with Crippen LogP contribution in [0.3, 0.4) is 0 Å². The Balaban J connectivity index is 0.000000860. The summed E-state index contributed by atoms with van der Waals surface area (Å²) in [6, 6.07) is 20.0. The number of carboxylic acids is 1. The minimum atomic E-state index is -5.08. The smallest absolute Gasteiger partial charge is 0.490 e. The van der Waals surface area contributed by atoms with E-state index >= 15 is 0 Å². The van der Waals surface area contributed by atoms with Crippen LogP contribution in [0, 0.1) is 0 Å². The molecular weight excluding hydrogens is 583 g/mol. The summed E-state index contributed by atoms with van der Waals surface area (Å²) in [6.45, 7) is 8.33. The summed E-state index contributed by atoms with van der Waals surface area (Å²) >= 11 is 0.